The third-order valence-electron chi connectivity index (χ3n) is 5.42. The number of hydrogen-bond donors (Lipinski definition) is 1. The van der Waals surface area contributed by atoms with E-state index in [-0.39, 0.29) is 12.3 Å². The van der Waals surface area contributed by atoms with Gasteiger partial charge in [0.2, 0.25) is 5.91 Å². The Hall–Kier alpha value is -1.88. The fourth-order valence-corrected chi connectivity index (χ4v) is 3.60. The van der Waals surface area contributed by atoms with Gasteiger partial charge in [-0.25, -0.2) is 4.98 Å². The van der Waals surface area contributed by atoms with E-state index in [1.807, 2.05) is 11.2 Å². The number of fused-ring (bicyclic) bond motifs is 1. The van der Waals surface area contributed by atoms with E-state index >= 15 is 0 Å². The molecule has 4 rings (SSSR count). The second kappa shape index (κ2) is 5.34. The van der Waals surface area contributed by atoms with Crippen molar-refractivity contribution in [2.75, 3.05) is 13.1 Å². The third kappa shape index (κ3) is 2.53. The van der Waals surface area contributed by atoms with E-state index in [1.54, 1.807) is 0 Å². The summed E-state index contributed by atoms with van der Waals surface area (Å²) in [4.78, 5) is 18.7. The average Bonchev–Trinajstić information content (AvgIpc) is 2.87. The Kier molecular flexibility index (Phi) is 3.41. The molecule has 1 N–H and O–H groups in total. The number of likely N-dealkylation sites (tertiary alicyclic amines) is 1. The van der Waals surface area contributed by atoms with Crippen LogP contribution >= 0.6 is 0 Å². The Morgan fingerprint density at radius 1 is 1.39 bits per heavy atom. The summed E-state index contributed by atoms with van der Waals surface area (Å²) in [7, 11) is 0. The zero-order valence-electron chi connectivity index (χ0n) is 13.5. The molecule has 1 aliphatic heterocycles. The van der Waals surface area contributed by atoms with Crippen molar-refractivity contribution in [1.82, 2.24) is 14.3 Å². The van der Waals surface area contributed by atoms with Crippen LogP contribution in [-0.4, -0.2) is 44.0 Å². The number of aromatic nitrogens is 2. The van der Waals surface area contributed by atoms with Crippen molar-refractivity contribution in [1.29, 1.82) is 0 Å². The summed E-state index contributed by atoms with van der Waals surface area (Å²) in [5.41, 5.74) is 2.79. The molecule has 2 aromatic heterocycles. The largest absolute Gasteiger partial charge is 0.389 e. The SMILES string of the molecule is CCc1ccc2c(C3CN(C(=O)CC4(O)CCC4)C3)ncn2c1. The lowest BCUT2D eigenvalue weighted by molar-refractivity contribution is -0.144. The van der Waals surface area contributed by atoms with Gasteiger partial charge in [0.05, 0.1) is 29.6 Å². The van der Waals surface area contributed by atoms with Crippen LogP contribution in [-0.2, 0) is 11.2 Å². The van der Waals surface area contributed by atoms with Gasteiger partial charge in [0, 0.05) is 25.2 Å². The fraction of sp³-hybridized carbons (Fsp3) is 0.556. The smallest absolute Gasteiger partial charge is 0.225 e. The third-order valence-corrected chi connectivity index (χ3v) is 5.42. The highest BCUT2D eigenvalue weighted by molar-refractivity contribution is 5.78. The average molecular weight is 313 g/mol. The zero-order valence-corrected chi connectivity index (χ0v) is 13.5. The molecule has 5 heteroatoms. The first-order valence-electron chi connectivity index (χ1n) is 8.54. The van der Waals surface area contributed by atoms with E-state index in [0.717, 1.165) is 50.0 Å². The molecule has 0 spiro atoms. The Morgan fingerprint density at radius 2 is 2.17 bits per heavy atom. The molecule has 122 valence electrons. The number of amides is 1. The summed E-state index contributed by atoms with van der Waals surface area (Å²) in [6, 6.07) is 4.27. The first-order valence-corrected chi connectivity index (χ1v) is 8.54. The molecule has 1 saturated heterocycles. The van der Waals surface area contributed by atoms with E-state index in [1.165, 1.54) is 5.56 Å². The van der Waals surface area contributed by atoms with Gasteiger partial charge in [-0.05, 0) is 37.3 Å². The molecule has 2 aromatic rings. The second-order valence-corrected chi connectivity index (χ2v) is 7.06. The highest BCUT2D eigenvalue weighted by Crippen LogP contribution is 2.37. The van der Waals surface area contributed by atoms with Gasteiger partial charge in [0.25, 0.3) is 0 Å². The highest BCUT2D eigenvalue weighted by atomic mass is 16.3. The van der Waals surface area contributed by atoms with E-state index < -0.39 is 5.60 Å². The Balaban J connectivity index is 1.42. The number of nitrogens with zero attached hydrogens (tertiary/aromatic N) is 3. The van der Waals surface area contributed by atoms with Gasteiger partial charge in [-0.1, -0.05) is 13.0 Å². The lowest BCUT2D eigenvalue weighted by atomic mass is 9.77. The Labute approximate surface area is 135 Å². The Bertz CT molecular complexity index is 742. The van der Waals surface area contributed by atoms with Crippen molar-refractivity contribution < 1.29 is 9.90 Å². The van der Waals surface area contributed by atoms with Crippen LogP contribution in [0.25, 0.3) is 5.52 Å². The van der Waals surface area contributed by atoms with Crippen molar-refractivity contribution >= 4 is 11.4 Å². The van der Waals surface area contributed by atoms with E-state index in [9.17, 15) is 9.90 Å². The maximum atomic E-state index is 12.2. The number of aryl methyl sites for hydroxylation is 1. The van der Waals surface area contributed by atoms with E-state index in [0.29, 0.717) is 5.92 Å². The molecule has 0 unspecified atom stereocenters. The highest BCUT2D eigenvalue weighted by Gasteiger charge is 2.41. The van der Waals surface area contributed by atoms with E-state index in [4.69, 9.17) is 0 Å². The van der Waals surface area contributed by atoms with Gasteiger partial charge in [-0.15, -0.1) is 0 Å². The maximum Gasteiger partial charge on any atom is 0.225 e. The summed E-state index contributed by atoms with van der Waals surface area (Å²) in [5, 5.41) is 10.1. The number of aliphatic hydroxyl groups is 1. The van der Waals surface area contributed by atoms with Crippen LogP contribution in [0.4, 0.5) is 0 Å². The van der Waals surface area contributed by atoms with Crippen LogP contribution in [0.15, 0.2) is 24.7 Å². The summed E-state index contributed by atoms with van der Waals surface area (Å²) < 4.78 is 2.08. The van der Waals surface area contributed by atoms with Crippen molar-refractivity contribution in [2.24, 2.45) is 0 Å². The van der Waals surface area contributed by atoms with Gasteiger partial charge < -0.3 is 14.4 Å². The summed E-state index contributed by atoms with van der Waals surface area (Å²) in [5.74, 6) is 0.396. The molecule has 1 saturated carbocycles. The number of carbonyl (C=O) groups is 1. The fourth-order valence-electron chi connectivity index (χ4n) is 3.60. The van der Waals surface area contributed by atoms with Crippen LogP contribution in [0.5, 0.6) is 0 Å². The first-order chi connectivity index (χ1) is 11.1. The van der Waals surface area contributed by atoms with Crippen LogP contribution in [0.2, 0.25) is 0 Å². The van der Waals surface area contributed by atoms with Crippen LogP contribution in [0.3, 0.4) is 0 Å². The molecular formula is C18H23N3O2. The Morgan fingerprint density at radius 3 is 2.83 bits per heavy atom. The van der Waals surface area contributed by atoms with Crippen molar-refractivity contribution in [3.63, 3.8) is 0 Å². The maximum absolute atomic E-state index is 12.2. The molecule has 0 aromatic carbocycles. The normalized spacial score (nSPS) is 20.3. The van der Waals surface area contributed by atoms with Crippen LogP contribution in [0.1, 0.15) is 49.8 Å². The molecule has 5 nitrogen and oxygen atoms in total. The minimum atomic E-state index is -0.722. The molecule has 0 atom stereocenters. The second-order valence-electron chi connectivity index (χ2n) is 7.06. The molecular weight excluding hydrogens is 290 g/mol. The summed E-state index contributed by atoms with van der Waals surface area (Å²) >= 11 is 0. The molecule has 3 heterocycles. The number of hydrogen-bond acceptors (Lipinski definition) is 3. The van der Waals surface area contributed by atoms with Gasteiger partial charge >= 0.3 is 0 Å². The zero-order chi connectivity index (χ0) is 16.0. The minimum Gasteiger partial charge on any atom is -0.389 e. The van der Waals surface area contributed by atoms with Crippen molar-refractivity contribution in [2.45, 2.75) is 50.5 Å². The summed E-state index contributed by atoms with van der Waals surface area (Å²) in [6.07, 6.45) is 7.85. The molecule has 1 amide bonds. The van der Waals surface area contributed by atoms with Gasteiger partial charge in [-0.2, -0.15) is 0 Å². The van der Waals surface area contributed by atoms with Gasteiger partial charge in [0.1, 0.15) is 0 Å². The first kappa shape index (κ1) is 14.7. The predicted molar refractivity (Wildman–Crippen MR) is 87.3 cm³/mol. The van der Waals surface area contributed by atoms with Crippen LogP contribution < -0.4 is 0 Å². The molecule has 1 aliphatic carbocycles. The van der Waals surface area contributed by atoms with Crippen molar-refractivity contribution in [3.8, 4) is 0 Å². The lowest BCUT2D eigenvalue weighted by Crippen LogP contribution is -2.52. The van der Waals surface area contributed by atoms with Gasteiger partial charge in [-0.3, -0.25) is 4.79 Å². The molecule has 2 fully saturated rings. The summed E-state index contributed by atoms with van der Waals surface area (Å²) in [6.45, 7) is 3.58. The van der Waals surface area contributed by atoms with Crippen LogP contribution in [0, 0.1) is 0 Å². The van der Waals surface area contributed by atoms with Gasteiger partial charge in [0.15, 0.2) is 0 Å². The minimum absolute atomic E-state index is 0.0835. The van der Waals surface area contributed by atoms with Crippen molar-refractivity contribution in [3.05, 3.63) is 35.9 Å². The molecule has 23 heavy (non-hydrogen) atoms. The molecule has 0 bridgehead atoms. The quantitative estimate of drug-likeness (QED) is 0.941. The number of carbonyl (C=O) groups excluding carboxylic acids is 1. The topological polar surface area (TPSA) is 57.8 Å². The number of pyridine rings is 1. The monoisotopic (exact) mass is 313 g/mol. The predicted octanol–water partition coefficient (Wildman–Crippen LogP) is 2.13. The number of rotatable bonds is 4. The number of imidazole rings is 1. The lowest BCUT2D eigenvalue weighted by Gasteiger charge is -2.42. The molecule has 0 radical (unpaired) electrons. The van der Waals surface area contributed by atoms with E-state index in [2.05, 4.69) is 34.6 Å². The standard InChI is InChI=1S/C18H23N3O2/c1-2-13-4-5-15-17(19-12-21(15)9-13)14-10-20(11-14)16(22)8-18(23)6-3-7-18/h4-5,9,12,14,23H,2-3,6-8,10-11H2,1H3. The molecule has 2 aliphatic rings.